The Morgan fingerprint density at radius 3 is 2.35 bits per heavy atom. The van der Waals surface area contributed by atoms with Gasteiger partial charge < -0.3 is 5.11 Å². The average Bonchev–Trinajstić information content (AvgIpc) is 2.81. The van der Waals surface area contributed by atoms with Crippen molar-refractivity contribution >= 4 is 0 Å². The van der Waals surface area contributed by atoms with Gasteiger partial charge in [0, 0.05) is 0 Å². The number of hydrogen-bond donors (Lipinski definition) is 1. The van der Waals surface area contributed by atoms with Crippen molar-refractivity contribution in [3.63, 3.8) is 0 Å². The molecule has 4 rings (SSSR count). The first-order valence-electron chi connectivity index (χ1n) is 10.6. The molecular weight excluding hydrogens is 280 g/mol. The van der Waals surface area contributed by atoms with Crippen molar-refractivity contribution < 1.29 is 5.11 Å². The highest BCUT2D eigenvalue weighted by Crippen LogP contribution is 2.68. The molecule has 0 saturated heterocycles. The molecule has 23 heavy (non-hydrogen) atoms. The average molecular weight is 319 g/mol. The fraction of sp³-hybridized carbons (Fsp3) is 1.00. The summed E-state index contributed by atoms with van der Waals surface area (Å²) in [6.07, 6.45) is 12.4. The molecule has 0 aromatic carbocycles. The Hall–Kier alpha value is -0.0400. The SMILES string of the molecule is CC(C)C1CC2CCCC[C@]2(C)C2CC[C@@]3(C)C(CC[C@@H]3O)[C@H]12. The van der Waals surface area contributed by atoms with E-state index in [0.29, 0.717) is 5.41 Å². The van der Waals surface area contributed by atoms with Crippen molar-refractivity contribution in [1.29, 1.82) is 0 Å². The Bertz CT molecular complexity index is 457. The quantitative estimate of drug-likeness (QED) is 0.661. The van der Waals surface area contributed by atoms with Gasteiger partial charge in [-0.25, -0.2) is 0 Å². The maximum Gasteiger partial charge on any atom is 0.0596 e. The largest absolute Gasteiger partial charge is 0.393 e. The molecule has 4 aliphatic carbocycles. The van der Waals surface area contributed by atoms with Crippen LogP contribution < -0.4 is 0 Å². The zero-order chi connectivity index (χ0) is 16.4. The van der Waals surface area contributed by atoms with E-state index in [4.69, 9.17) is 0 Å². The summed E-state index contributed by atoms with van der Waals surface area (Å²) in [7, 11) is 0. The van der Waals surface area contributed by atoms with E-state index in [-0.39, 0.29) is 11.5 Å². The van der Waals surface area contributed by atoms with Crippen molar-refractivity contribution in [2.45, 2.75) is 91.6 Å². The van der Waals surface area contributed by atoms with E-state index in [1.807, 2.05) is 0 Å². The van der Waals surface area contributed by atoms with E-state index in [1.54, 1.807) is 0 Å². The van der Waals surface area contributed by atoms with Crippen LogP contribution in [0.5, 0.6) is 0 Å². The second kappa shape index (κ2) is 5.48. The highest BCUT2D eigenvalue weighted by Gasteiger charge is 2.62. The van der Waals surface area contributed by atoms with Crippen LogP contribution in [0, 0.1) is 46.3 Å². The Balaban J connectivity index is 1.73. The fourth-order valence-electron chi connectivity index (χ4n) is 8.04. The van der Waals surface area contributed by atoms with Gasteiger partial charge in [-0.3, -0.25) is 0 Å². The van der Waals surface area contributed by atoms with Crippen molar-refractivity contribution in [1.82, 2.24) is 0 Å². The van der Waals surface area contributed by atoms with Crippen molar-refractivity contribution in [3.8, 4) is 0 Å². The van der Waals surface area contributed by atoms with Crippen LogP contribution in [-0.4, -0.2) is 11.2 Å². The van der Waals surface area contributed by atoms with Crippen LogP contribution in [0.2, 0.25) is 0 Å². The second-order valence-corrected chi connectivity index (χ2v) is 10.5. The summed E-state index contributed by atoms with van der Waals surface area (Å²) in [5.74, 6) is 5.34. The first kappa shape index (κ1) is 16.4. The predicted molar refractivity (Wildman–Crippen MR) is 96.1 cm³/mol. The summed E-state index contributed by atoms with van der Waals surface area (Å²) in [6, 6.07) is 0. The monoisotopic (exact) mass is 318 g/mol. The number of aliphatic hydroxyl groups excluding tert-OH is 1. The summed E-state index contributed by atoms with van der Waals surface area (Å²) in [6.45, 7) is 10.0. The molecule has 4 saturated carbocycles. The van der Waals surface area contributed by atoms with Crippen LogP contribution in [0.4, 0.5) is 0 Å². The van der Waals surface area contributed by atoms with Crippen molar-refractivity contribution in [3.05, 3.63) is 0 Å². The van der Waals surface area contributed by atoms with Gasteiger partial charge in [0.1, 0.15) is 0 Å². The standard InChI is InChI=1S/C22H38O/c1-14(2)16-13-15-7-5-6-11-21(15,3)18-10-12-22(4)17(20(16)18)8-9-19(22)23/h14-20,23H,5-13H2,1-4H3/t15?,16?,17?,18?,19-,20-,21-,22-/m0/s1. The number of fused-ring (bicyclic) bond motifs is 5. The van der Waals surface area contributed by atoms with Gasteiger partial charge in [0.25, 0.3) is 0 Å². The van der Waals surface area contributed by atoms with E-state index < -0.39 is 0 Å². The smallest absolute Gasteiger partial charge is 0.0596 e. The van der Waals surface area contributed by atoms with Crippen molar-refractivity contribution in [2.75, 3.05) is 0 Å². The molecule has 8 atom stereocenters. The van der Waals surface area contributed by atoms with Gasteiger partial charge in [-0.05, 0) is 91.3 Å². The lowest BCUT2D eigenvalue weighted by Crippen LogP contribution is -2.57. The highest BCUT2D eigenvalue weighted by atomic mass is 16.3. The van der Waals surface area contributed by atoms with E-state index in [9.17, 15) is 5.11 Å². The molecule has 4 aliphatic rings. The molecule has 0 amide bonds. The zero-order valence-electron chi connectivity index (χ0n) is 15.9. The lowest BCUT2D eigenvalue weighted by atomic mass is 9.42. The maximum absolute atomic E-state index is 10.7. The van der Waals surface area contributed by atoms with Crippen molar-refractivity contribution in [2.24, 2.45) is 46.3 Å². The third-order valence-electron chi connectivity index (χ3n) is 9.49. The maximum atomic E-state index is 10.7. The fourth-order valence-corrected chi connectivity index (χ4v) is 8.04. The van der Waals surface area contributed by atoms with Gasteiger partial charge in [0.15, 0.2) is 0 Å². The molecule has 0 bridgehead atoms. The molecule has 0 aromatic rings. The first-order valence-corrected chi connectivity index (χ1v) is 10.6. The minimum absolute atomic E-state index is 0.0295. The summed E-state index contributed by atoms with van der Waals surface area (Å²) in [5, 5.41) is 10.7. The third kappa shape index (κ3) is 2.21. The molecule has 0 radical (unpaired) electrons. The Kier molecular flexibility index (Phi) is 3.91. The predicted octanol–water partition coefficient (Wildman–Crippen LogP) is 5.66. The molecule has 1 heteroatoms. The van der Waals surface area contributed by atoms with Crippen LogP contribution in [0.3, 0.4) is 0 Å². The molecule has 132 valence electrons. The normalized spacial score (nSPS) is 56.1. The van der Waals surface area contributed by atoms with Crippen LogP contribution >= 0.6 is 0 Å². The Labute approximate surface area is 143 Å². The molecule has 4 fully saturated rings. The molecular formula is C22H38O. The van der Waals surface area contributed by atoms with Crippen LogP contribution in [0.15, 0.2) is 0 Å². The molecule has 0 aromatic heterocycles. The second-order valence-electron chi connectivity index (χ2n) is 10.5. The van der Waals surface area contributed by atoms with Gasteiger partial charge in [-0.2, -0.15) is 0 Å². The lowest BCUT2D eigenvalue weighted by Gasteiger charge is -2.63. The summed E-state index contributed by atoms with van der Waals surface area (Å²) in [5.41, 5.74) is 0.843. The lowest BCUT2D eigenvalue weighted by molar-refractivity contribution is -0.153. The summed E-state index contributed by atoms with van der Waals surface area (Å²) >= 11 is 0. The van der Waals surface area contributed by atoms with Crippen LogP contribution in [0.25, 0.3) is 0 Å². The number of aliphatic hydroxyl groups is 1. The van der Waals surface area contributed by atoms with Gasteiger partial charge in [0.2, 0.25) is 0 Å². The van der Waals surface area contributed by atoms with Gasteiger partial charge in [0.05, 0.1) is 6.10 Å². The highest BCUT2D eigenvalue weighted by molar-refractivity contribution is 5.11. The molecule has 0 spiro atoms. The molecule has 0 heterocycles. The van der Waals surface area contributed by atoms with E-state index in [0.717, 1.165) is 41.9 Å². The van der Waals surface area contributed by atoms with E-state index in [2.05, 4.69) is 27.7 Å². The van der Waals surface area contributed by atoms with Crippen LogP contribution in [0.1, 0.15) is 85.5 Å². The molecule has 0 aliphatic heterocycles. The number of hydrogen-bond acceptors (Lipinski definition) is 1. The van der Waals surface area contributed by atoms with Gasteiger partial charge in [-0.15, -0.1) is 0 Å². The molecule has 1 N–H and O–H groups in total. The Morgan fingerprint density at radius 2 is 1.61 bits per heavy atom. The topological polar surface area (TPSA) is 20.2 Å². The minimum Gasteiger partial charge on any atom is -0.393 e. The first-order chi connectivity index (χ1) is 10.9. The van der Waals surface area contributed by atoms with Crippen LogP contribution in [-0.2, 0) is 0 Å². The molecule has 1 nitrogen and oxygen atoms in total. The minimum atomic E-state index is -0.0295. The zero-order valence-corrected chi connectivity index (χ0v) is 15.9. The van der Waals surface area contributed by atoms with Gasteiger partial charge in [-0.1, -0.05) is 40.5 Å². The number of rotatable bonds is 1. The van der Waals surface area contributed by atoms with Gasteiger partial charge >= 0.3 is 0 Å². The summed E-state index contributed by atoms with van der Waals surface area (Å²) < 4.78 is 0. The summed E-state index contributed by atoms with van der Waals surface area (Å²) in [4.78, 5) is 0. The Morgan fingerprint density at radius 1 is 0.870 bits per heavy atom. The molecule has 4 unspecified atom stereocenters. The third-order valence-corrected chi connectivity index (χ3v) is 9.49. The van der Waals surface area contributed by atoms with E-state index in [1.165, 1.54) is 51.4 Å². The van der Waals surface area contributed by atoms with E-state index >= 15 is 0 Å².